The Morgan fingerprint density at radius 3 is 2.48 bits per heavy atom. The van der Waals surface area contributed by atoms with E-state index in [0.717, 1.165) is 17.1 Å². The second-order valence-electron chi connectivity index (χ2n) is 4.38. The molecule has 110 valence electrons. The molecular weight excluding hydrogens is 268 g/mol. The highest BCUT2D eigenvalue weighted by Gasteiger charge is 2.08. The molecule has 0 aromatic heterocycles. The maximum atomic E-state index is 11.4. The van der Waals surface area contributed by atoms with Crippen LogP contribution < -0.4 is 15.8 Å². The van der Waals surface area contributed by atoms with E-state index in [1.54, 1.807) is 18.2 Å². The van der Waals surface area contributed by atoms with Crippen LogP contribution in [0.3, 0.4) is 0 Å². The Morgan fingerprint density at radius 1 is 1.19 bits per heavy atom. The summed E-state index contributed by atoms with van der Waals surface area (Å²) >= 11 is 0. The zero-order valence-corrected chi connectivity index (χ0v) is 12.1. The summed E-state index contributed by atoms with van der Waals surface area (Å²) in [5, 5.41) is 3.19. The second kappa shape index (κ2) is 6.65. The number of anilines is 3. The van der Waals surface area contributed by atoms with Crippen molar-refractivity contribution >= 4 is 23.0 Å². The lowest BCUT2D eigenvalue weighted by atomic mass is 10.1. The van der Waals surface area contributed by atoms with Crippen molar-refractivity contribution in [3.8, 4) is 5.75 Å². The molecule has 2 aromatic rings. The number of ether oxygens (including phenoxy) is 2. The molecule has 0 radical (unpaired) electrons. The van der Waals surface area contributed by atoms with E-state index in [1.807, 2.05) is 31.2 Å². The molecule has 2 rings (SSSR count). The van der Waals surface area contributed by atoms with Crippen molar-refractivity contribution in [2.24, 2.45) is 0 Å². The summed E-state index contributed by atoms with van der Waals surface area (Å²) in [6, 6.07) is 12.6. The van der Waals surface area contributed by atoms with Crippen molar-refractivity contribution < 1.29 is 14.3 Å². The SMILES string of the molecule is CCOc1ccc(Nc2ccc(C(=O)OC)cc2N)cc1. The molecule has 0 spiro atoms. The van der Waals surface area contributed by atoms with E-state index in [4.69, 9.17) is 10.5 Å². The molecule has 0 heterocycles. The Kier molecular flexibility index (Phi) is 4.66. The van der Waals surface area contributed by atoms with E-state index < -0.39 is 5.97 Å². The van der Waals surface area contributed by atoms with Crippen LogP contribution in [0.15, 0.2) is 42.5 Å². The number of nitrogens with two attached hydrogens (primary N) is 1. The summed E-state index contributed by atoms with van der Waals surface area (Å²) in [6.07, 6.45) is 0. The van der Waals surface area contributed by atoms with Gasteiger partial charge in [-0.2, -0.15) is 0 Å². The number of hydrogen-bond acceptors (Lipinski definition) is 5. The maximum absolute atomic E-state index is 11.4. The zero-order chi connectivity index (χ0) is 15.2. The molecule has 0 aliphatic carbocycles. The molecule has 5 heteroatoms. The van der Waals surface area contributed by atoms with E-state index in [1.165, 1.54) is 7.11 Å². The summed E-state index contributed by atoms with van der Waals surface area (Å²) in [4.78, 5) is 11.4. The van der Waals surface area contributed by atoms with Gasteiger partial charge in [0, 0.05) is 5.69 Å². The number of carbonyl (C=O) groups excluding carboxylic acids is 1. The fourth-order valence-corrected chi connectivity index (χ4v) is 1.88. The van der Waals surface area contributed by atoms with Crippen LogP contribution >= 0.6 is 0 Å². The van der Waals surface area contributed by atoms with E-state index in [0.29, 0.717) is 17.9 Å². The number of benzene rings is 2. The minimum absolute atomic E-state index is 0.408. The number of hydrogen-bond donors (Lipinski definition) is 2. The van der Waals surface area contributed by atoms with E-state index in [9.17, 15) is 4.79 Å². The first kappa shape index (κ1) is 14.7. The predicted octanol–water partition coefficient (Wildman–Crippen LogP) is 3.20. The smallest absolute Gasteiger partial charge is 0.337 e. The average Bonchev–Trinajstić information content (AvgIpc) is 2.50. The van der Waals surface area contributed by atoms with Gasteiger partial charge in [0.1, 0.15) is 5.75 Å². The first-order chi connectivity index (χ1) is 10.1. The van der Waals surface area contributed by atoms with Crippen LogP contribution in [-0.4, -0.2) is 19.7 Å². The molecule has 0 saturated carbocycles. The van der Waals surface area contributed by atoms with Crippen molar-refractivity contribution in [1.29, 1.82) is 0 Å². The summed E-state index contributed by atoms with van der Waals surface area (Å²) in [7, 11) is 1.34. The number of methoxy groups -OCH3 is 1. The lowest BCUT2D eigenvalue weighted by Crippen LogP contribution is -2.03. The second-order valence-corrected chi connectivity index (χ2v) is 4.38. The van der Waals surface area contributed by atoms with Gasteiger partial charge in [-0.3, -0.25) is 0 Å². The summed E-state index contributed by atoms with van der Waals surface area (Å²) < 4.78 is 10.0. The average molecular weight is 286 g/mol. The predicted molar refractivity (Wildman–Crippen MR) is 83.1 cm³/mol. The Hall–Kier alpha value is -2.69. The van der Waals surface area contributed by atoms with Crippen molar-refractivity contribution in [1.82, 2.24) is 0 Å². The lowest BCUT2D eigenvalue weighted by Gasteiger charge is -2.11. The molecule has 0 aliphatic heterocycles. The fourth-order valence-electron chi connectivity index (χ4n) is 1.88. The minimum atomic E-state index is -0.408. The van der Waals surface area contributed by atoms with E-state index in [-0.39, 0.29) is 0 Å². The van der Waals surface area contributed by atoms with Crippen molar-refractivity contribution in [3.05, 3.63) is 48.0 Å². The van der Waals surface area contributed by atoms with E-state index in [2.05, 4.69) is 10.1 Å². The van der Waals surface area contributed by atoms with Gasteiger partial charge < -0.3 is 20.5 Å². The van der Waals surface area contributed by atoms with E-state index >= 15 is 0 Å². The van der Waals surface area contributed by atoms with Crippen LogP contribution in [0.25, 0.3) is 0 Å². The van der Waals surface area contributed by atoms with Crippen LogP contribution in [0.1, 0.15) is 17.3 Å². The Labute approximate surface area is 123 Å². The molecule has 0 atom stereocenters. The van der Waals surface area contributed by atoms with Gasteiger partial charge in [-0.15, -0.1) is 0 Å². The van der Waals surface area contributed by atoms with Crippen LogP contribution in [-0.2, 0) is 4.74 Å². The molecule has 0 amide bonds. The van der Waals surface area contributed by atoms with Gasteiger partial charge in [-0.1, -0.05) is 0 Å². The highest BCUT2D eigenvalue weighted by Crippen LogP contribution is 2.25. The monoisotopic (exact) mass is 286 g/mol. The van der Waals surface area contributed by atoms with Gasteiger partial charge in [0.2, 0.25) is 0 Å². The van der Waals surface area contributed by atoms with Crippen LogP contribution in [0.5, 0.6) is 5.75 Å². The first-order valence-electron chi connectivity index (χ1n) is 6.61. The standard InChI is InChI=1S/C16H18N2O3/c1-3-21-13-7-5-12(6-8-13)18-15-9-4-11(10-14(15)17)16(19)20-2/h4-10,18H,3,17H2,1-2H3. The molecule has 0 unspecified atom stereocenters. The minimum Gasteiger partial charge on any atom is -0.494 e. The van der Waals surface area contributed by atoms with Gasteiger partial charge in [0.25, 0.3) is 0 Å². The molecule has 0 saturated heterocycles. The van der Waals surface area contributed by atoms with Gasteiger partial charge >= 0.3 is 5.97 Å². The van der Waals surface area contributed by atoms with Crippen molar-refractivity contribution in [2.75, 3.05) is 24.8 Å². The zero-order valence-electron chi connectivity index (χ0n) is 12.1. The molecule has 2 aromatic carbocycles. The van der Waals surface area contributed by atoms with Crippen LogP contribution in [0.4, 0.5) is 17.1 Å². The number of nitrogen functional groups attached to an aromatic ring is 1. The van der Waals surface area contributed by atoms with Crippen LogP contribution in [0, 0.1) is 0 Å². The third kappa shape index (κ3) is 3.66. The summed E-state index contributed by atoms with van der Waals surface area (Å²) in [6.45, 7) is 2.57. The fraction of sp³-hybridized carbons (Fsp3) is 0.188. The van der Waals surface area contributed by atoms with Gasteiger partial charge in [0.15, 0.2) is 0 Å². The lowest BCUT2D eigenvalue weighted by molar-refractivity contribution is 0.0601. The topological polar surface area (TPSA) is 73.6 Å². The summed E-state index contributed by atoms with van der Waals surface area (Å²) in [5.41, 5.74) is 8.46. The Balaban J connectivity index is 2.14. The molecule has 21 heavy (non-hydrogen) atoms. The molecule has 0 aliphatic rings. The van der Waals surface area contributed by atoms with Gasteiger partial charge in [0.05, 0.1) is 30.7 Å². The van der Waals surface area contributed by atoms with Gasteiger partial charge in [-0.25, -0.2) is 4.79 Å². The molecule has 3 N–H and O–H groups in total. The number of esters is 1. The van der Waals surface area contributed by atoms with Crippen molar-refractivity contribution in [2.45, 2.75) is 6.92 Å². The quantitative estimate of drug-likeness (QED) is 0.652. The number of nitrogens with one attached hydrogen (secondary N) is 1. The summed E-state index contributed by atoms with van der Waals surface area (Å²) in [5.74, 6) is 0.409. The Bertz CT molecular complexity index is 624. The number of carbonyl (C=O) groups is 1. The van der Waals surface area contributed by atoms with Crippen LogP contribution in [0.2, 0.25) is 0 Å². The Morgan fingerprint density at radius 2 is 1.90 bits per heavy atom. The normalized spacial score (nSPS) is 10.0. The highest BCUT2D eigenvalue weighted by molar-refractivity contribution is 5.92. The molecule has 0 fully saturated rings. The third-order valence-electron chi connectivity index (χ3n) is 2.92. The largest absolute Gasteiger partial charge is 0.494 e. The maximum Gasteiger partial charge on any atom is 0.337 e. The van der Waals surface area contributed by atoms with Gasteiger partial charge in [-0.05, 0) is 49.4 Å². The molecular formula is C16H18N2O3. The van der Waals surface area contributed by atoms with Crippen molar-refractivity contribution in [3.63, 3.8) is 0 Å². The molecule has 5 nitrogen and oxygen atoms in total. The highest BCUT2D eigenvalue weighted by atomic mass is 16.5. The number of rotatable bonds is 5. The molecule has 0 bridgehead atoms. The first-order valence-corrected chi connectivity index (χ1v) is 6.61. The third-order valence-corrected chi connectivity index (χ3v) is 2.92.